The van der Waals surface area contributed by atoms with E-state index in [0.717, 1.165) is 22.8 Å². The van der Waals surface area contributed by atoms with E-state index in [0.29, 0.717) is 7.25 Å². The van der Waals surface area contributed by atoms with Crippen LogP contribution < -0.4 is 14.2 Å². The van der Waals surface area contributed by atoms with Crippen molar-refractivity contribution in [2.75, 3.05) is 21.3 Å². The van der Waals surface area contributed by atoms with Gasteiger partial charge >= 0.3 is 214 Å². The molecule has 2 aliphatic rings. The molecule has 3 nitrogen and oxygen atoms in total. The Hall–Kier alpha value is -1.84. The predicted molar refractivity (Wildman–Crippen MR) is 140 cm³/mol. The first-order valence-corrected chi connectivity index (χ1v) is 20.9. The molecule has 0 saturated carbocycles. The fourth-order valence-electron chi connectivity index (χ4n) is 5.70. The second-order valence-corrected chi connectivity index (χ2v) is 27.5. The molecule has 178 valence electrons. The molecule has 2 aliphatic carbocycles. The van der Waals surface area contributed by atoms with E-state index in [4.69, 9.17) is 14.2 Å². The molecule has 34 heavy (non-hydrogen) atoms. The molecule has 0 aromatic heterocycles. The first kappa shape index (κ1) is 25.3. The average Bonchev–Trinajstić information content (AvgIpc) is 3.30. The van der Waals surface area contributed by atoms with Crippen molar-refractivity contribution in [3.63, 3.8) is 0 Å². The Labute approximate surface area is 212 Å². The molecule has 0 bridgehead atoms. The van der Waals surface area contributed by atoms with Gasteiger partial charge in [0.2, 0.25) is 0 Å². The second-order valence-electron chi connectivity index (χ2n) is 9.56. The van der Waals surface area contributed by atoms with Crippen molar-refractivity contribution in [2.45, 2.75) is 48.0 Å². The van der Waals surface area contributed by atoms with E-state index in [-0.39, 0.29) is 0 Å². The molecule has 0 radical (unpaired) electrons. The number of methoxy groups -OCH3 is 3. The molecule has 5 heteroatoms. The van der Waals surface area contributed by atoms with Gasteiger partial charge in [-0.3, -0.25) is 0 Å². The van der Waals surface area contributed by atoms with Gasteiger partial charge in [0.25, 0.3) is 0 Å². The number of benzene rings is 2. The van der Waals surface area contributed by atoms with E-state index in [1.54, 1.807) is 32.5 Å². The van der Waals surface area contributed by atoms with Gasteiger partial charge in [0.1, 0.15) is 0 Å². The van der Waals surface area contributed by atoms with Crippen LogP contribution in [0, 0.1) is 0 Å². The summed E-state index contributed by atoms with van der Waals surface area (Å²) in [7, 11) is 5.13. The molecule has 0 fully saturated rings. The molecule has 0 aliphatic heterocycles. The number of hydrogen-bond acceptors (Lipinski definition) is 3. The SMILES string of the molecule is COc1cc(OC)c(C2=C[CH]([Zr]([CH]3C(C)=C(C)C(C)=C3C)=[Si](C)C)c3ccccc32)c(OC)c1. The van der Waals surface area contributed by atoms with E-state index in [9.17, 15) is 0 Å². The quantitative estimate of drug-likeness (QED) is 0.347. The van der Waals surface area contributed by atoms with Crippen LogP contribution in [0.25, 0.3) is 5.57 Å². The van der Waals surface area contributed by atoms with Crippen molar-refractivity contribution in [1.82, 2.24) is 0 Å². The van der Waals surface area contributed by atoms with Crippen molar-refractivity contribution in [3.05, 3.63) is 81.5 Å². The maximum absolute atomic E-state index is 5.87. The number of rotatable bonds is 6. The van der Waals surface area contributed by atoms with E-state index < -0.39 is 25.8 Å². The van der Waals surface area contributed by atoms with Crippen LogP contribution in [0.1, 0.15) is 48.0 Å². The second kappa shape index (κ2) is 10.0. The average molecular weight is 552 g/mol. The van der Waals surface area contributed by atoms with Crippen molar-refractivity contribution in [2.24, 2.45) is 0 Å². The summed E-state index contributed by atoms with van der Waals surface area (Å²) in [6.07, 6.45) is 2.58. The summed E-state index contributed by atoms with van der Waals surface area (Å²) in [5, 5.41) is 0. The summed E-state index contributed by atoms with van der Waals surface area (Å²) < 4.78 is 18.5. The molecular weight excluding hydrogens is 516 g/mol. The normalized spacial score (nSPS) is 17.7. The summed E-state index contributed by atoms with van der Waals surface area (Å²) in [5.41, 5.74) is 11.0. The van der Waals surface area contributed by atoms with Gasteiger partial charge in [0.05, 0.1) is 0 Å². The van der Waals surface area contributed by atoms with Gasteiger partial charge in [-0.15, -0.1) is 0 Å². The summed E-state index contributed by atoms with van der Waals surface area (Å²) in [4.78, 5) is 0. The minimum atomic E-state index is -2.03. The number of allylic oxidation sites excluding steroid dienone is 5. The van der Waals surface area contributed by atoms with Gasteiger partial charge in [0, 0.05) is 0 Å². The van der Waals surface area contributed by atoms with Gasteiger partial charge in [-0.25, -0.2) is 0 Å². The van der Waals surface area contributed by atoms with Crippen LogP contribution in [-0.2, 0) is 20.4 Å². The van der Waals surface area contributed by atoms with E-state index in [2.05, 4.69) is 71.1 Å². The molecule has 0 heterocycles. The monoisotopic (exact) mass is 550 g/mol. The first-order valence-electron chi connectivity index (χ1n) is 11.9. The summed E-state index contributed by atoms with van der Waals surface area (Å²) in [6, 6.07) is 12.9. The van der Waals surface area contributed by atoms with Crippen LogP contribution in [-0.4, -0.2) is 26.8 Å². The number of hydrogen-bond donors (Lipinski definition) is 0. The van der Waals surface area contributed by atoms with Crippen molar-refractivity contribution < 1.29 is 34.6 Å². The van der Waals surface area contributed by atoms with Crippen LogP contribution >= 0.6 is 0 Å². The van der Waals surface area contributed by atoms with Crippen molar-refractivity contribution in [3.8, 4) is 17.2 Å². The third-order valence-electron chi connectivity index (χ3n) is 7.74. The fourth-order valence-corrected chi connectivity index (χ4v) is 26.3. The predicted octanol–water partition coefficient (Wildman–Crippen LogP) is 7.54. The van der Waals surface area contributed by atoms with Crippen LogP contribution in [0.5, 0.6) is 17.2 Å². The fraction of sp³-hybridized carbons (Fsp3) is 0.379. The van der Waals surface area contributed by atoms with E-state index >= 15 is 0 Å². The van der Waals surface area contributed by atoms with E-state index in [1.165, 1.54) is 27.8 Å². The molecule has 2 aromatic rings. The third-order valence-corrected chi connectivity index (χ3v) is 27.4. The maximum atomic E-state index is 5.87. The molecule has 0 spiro atoms. The zero-order valence-corrected chi connectivity index (χ0v) is 25.4. The van der Waals surface area contributed by atoms with Crippen LogP contribution in [0.4, 0.5) is 0 Å². The molecule has 1 atom stereocenters. The molecule has 1 unspecified atom stereocenters. The number of fused-ring (bicyclic) bond motifs is 1. The standard InChI is InChI=1S/C18H17O3.C9H13.C2H6Si.Zr/c1-19-13-10-16(20-2)18(17(11-13)21-3)15-9-8-12-6-4-5-7-14(12)15;1-6-5-7(2)9(4)8(6)3;1-3-2;/h4-11H,1-3H3;5H,1-4H3;1-2H3;. The molecule has 0 saturated heterocycles. The Kier molecular flexibility index (Phi) is 7.45. The zero-order chi connectivity index (χ0) is 24.7. The summed E-state index contributed by atoms with van der Waals surface area (Å²) >= 11 is -2.03. The minimum absolute atomic E-state index is 0.437. The van der Waals surface area contributed by atoms with Gasteiger partial charge in [-0.1, -0.05) is 0 Å². The Morgan fingerprint density at radius 2 is 1.35 bits per heavy atom. The summed E-state index contributed by atoms with van der Waals surface area (Å²) in [6.45, 7) is 14.6. The third kappa shape index (κ3) is 4.09. The molecular formula is C29H36O3SiZr. The van der Waals surface area contributed by atoms with Gasteiger partial charge < -0.3 is 0 Å². The topological polar surface area (TPSA) is 27.7 Å². The van der Waals surface area contributed by atoms with Gasteiger partial charge in [-0.05, 0) is 0 Å². The molecule has 2 aromatic carbocycles. The van der Waals surface area contributed by atoms with Crippen LogP contribution in [0.2, 0.25) is 16.7 Å². The Balaban J connectivity index is 1.97. The molecule has 0 amide bonds. The van der Waals surface area contributed by atoms with E-state index in [1.807, 2.05) is 12.1 Å². The number of ether oxygens (including phenoxy) is 3. The summed E-state index contributed by atoms with van der Waals surface area (Å²) in [5.74, 6) is 2.32. The Morgan fingerprint density at radius 1 is 0.794 bits per heavy atom. The Morgan fingerprint density at radius 3 is 1.85 bits per heavy atom. The van der Waals surface area contributed by atoms with Crippen molar-refractivity contribution in [1.29, 1.82) is 0 Å². The van der Waals surface area contributed by atoms with Crippen LogP contribution in [0.3, 0.4) is 0 Å². The zero-order valence-electron chi connectivity index (χ0n) is 21.9. The Bertz CT molecular complexity index is 1230. The van der Waals surface area contributed by atoms with Crippen molar-refractivity contribution >= 4 is 11.0 Å². The van der Waals surface area contributed by atoms with Gasteiger partial charge in [0.15, 0.2) is 0 Å². The molecule has 0 N–H and O–H groups in total. The van der Waals surface area contributed by atoms with Gasteiger partial charge in [-0.2, -0.15) is 0 Å². The molecule has 4 rings (SSSR count). The van der Waals surface area contributed by atoms with Crippen LogP contribution in [0.15, 0.2) is 64.8 Å². The first-order chi connectivity index (χ1) is 16.2.